The zero-order valence-corrected chi connectivity index (χ0v) is 19.1. The van der Waals surface area contributed by atoms with Gasteiger partial charge in [-0.3, -0.25) is 14.6 Å². The van der Waals surface area contributed by atoms with Gasteiger partial charge in [0.05, 0.1) is 18.2 Å². The number of aromatic nitrogens is 1. The van der Waals surface area contributed by atoms with Crippen molar-refractivity contribution in [2.45, 2.75) is 19.6 Å². The molecule has 3 aromatic rings. The van der Waals surface area contributed by atoms with Gasteiger partial charge in [0.2, 0.25) is 0 Å². The lowest BCUT2D eigenvalue weighted by Crippen LogP contribution is -2.32. The summed E-state index contributed by atoms with van der Waals surface area (Å²) in [6, 6.07) is 17.8. The Kier molecular flexibility index (Phi) is 7.04. The van der Waals surface area contributed by atoms with Gasteiger partial charge < -0.3 is 19.5 Å². The van der Waals surface area contributed by atoms with E-state index < -0.39 is 17.7 Å². The summed E-state index contributed by atoms with van der Waals surface area (Å²) in [6.45, 7) is 2.71. The lowest BCUT2D eigenvalue weighted by atomic mass is 9.94. The molecule has 7 heteroatoms. The average molecular weight is 459 g/mol. The van der Waals surface area contributed by atoms with Crippen molar-refractivity contribution in [1.82, 2.24) is 9.88 Å². The molecule has 34 heavy (non-hydrogen) atoms. The number of aryl methyl sites for hydroxylation is 1. The van der Waals surface area contributed by atoms with Crippen LogP contribution in [-0.4, -0.2) is 46.9 Å². The first-order chi connectivity index (χ1) is 16.5. The first-order valence-corrected chi connectivity index (χ1v) is 11.0. The van der Waals surface area contributed by atoms with E-state index in [0.717, 1.165) is 11.1 Å². The van der Waals surface area contributed by atoms with E-state index in [1.807, 2.05) is 37.3 Å². The Labute approximate surface area is 198 Å². The number of hydrogen-bond acceptors (Lipinski definition) is 6. The van der Waals surface area contributed by atoms with E-state index in [1.54, 1.807) is 42.7 Å². The highest BCUT2D eigenvalue weighted by atomic mass is 16.5. The quantitative estimate of drug-likeness (QED) is 0.311. The van der Waals surface area contributed by atoms with Crippen LogP contribution in [0.4, 0.5) is 0 Å². The molecule has 1 N–H and O–H groups in total. The van der Waals surface area contributed by atoms with Crippen molar-refractivity contribution in [3.05, 3.63) is 101 Å². The van der Waals surface area contributed by atoms with E-state index in [4.69, 9.17) is 9.47 Å². The van der Waals surface area contributed by atoms with E-state index in [9.17, 15) is 14.7 Å². The minimum Gasteiger partial charge on any atom is -0.507 e. The number of benzene rings is 2. The van der Waals surface area contributed by atoms with Gasteiger partial charge in [0.25, 0.3) is 11.7 Å². The maximum absolute atomic E-state index is 13.0. The third-order valence-corrected chi connectivity index (χ3v) is 5.78. The molecule has 1 saturated heterocycles. The number of ketones is 1. The summed E-state index contributed by atoms with van der Waals surface area (Å²) in [5.41, 5.74) is 2.90. The number of ether oxygens (including phenoxy) is 2. The second-order valence-electron chi connectivity index (χ2n) is 8.02. The normalized spacial score (nSPS) is 17.2. The molecule has 1 aromatic heterocycles. The fourth-order valence-corrected chi connectivity index (χ4v) is 4.06. The van der Waals surface area contributed by atoms with Gasteiger partial charge in [0, 0.05) is 31.6 Å². The van der Waals surface area contributed by atoms with Crippen molar-refractivity contribution in [1.29, 1.82) is 0 Å². The zero-order valence-electron chi connectivity index (χ0n) is 19.1. The highest BCUT2D eigenvalue weighted by Gasteiger charge is 2.46. The van der Waals surface area contributed by atoms with Gasteiger partial charge in [0.1, 0.15) is 18.1 Å². The fraction of sp³-hybridized carbons (Fsp3) is 0.222. The minimum atomic E-state index is -0.753. The van der Waals surface area contributed by atoms with E-state index in [1.165, 1.54) is 12.0 Å². The number of amides is 1. The topological polar surface area (TPSA) is 89.0 Å². The molecule has 0 spiro atoms. The van der Waals surface area contributed by atoms with Crippen LogP contribution in [0.1, 0.15) is 28.3 Å². The predicted molar refractivity (Wildman–Crippen MR) is 127 cm³/mol. The van der Waals surface area contributed by atoms with Crippen molar-refractivity contribution >= 4 is 17.4 Å². The number of pyridine rings is 1. The molecular formula is C27H26N2O5. The number of rotatable bonds is 8. The lowest BCUT2D eigenvalue weighted by molar-refractivity contribution is -0.140. The smallest absolute Gasteiger partial charge is 0.295 e. The summed E-state index contributed by atoms with van der Waals surface area (Å²) in [5, 5.41) is 11.3. The number of hydrogen-bond donors (Lipinski definition) is 1. The van der Waals surface area contributed by atoms with Crippen LogP contribution in [0.2, 0.25) is 0 Å². The van der Waals surface area contributed by atoms with Gasteiger partial charge in [-0.1, -0.05) is 36.4 Å². The molecule has 174 valence electrons. The van der Waals surface area contributed by atoms with Crippen LogP contribution in [-0.2, 0) is 20.9 Å². The third-order valence-electron chi connectivity index (χ3n) is 5.78. The highest BCUT2D eigenvalue weighted by molar-refractivity contribution is 6.46. The maximum Gasteiger partial charge on any atom is 0.295 e. The summed E-state index contributed by atoms with van der Waals surface area (Å²) in [4.78, 5) is 31.4. The van der Waals surface area contributed by atoms with Gasteiger partial charge in [0.15, 0.2) is 0 Å². The van der Waals surface area contributed by atoms with Gasteiger partial charge >= 0.3 is 0 Å². The zero-order chi connectivity index (χ0) is 24.1. The number of Topliss-reactive ketones (excluding diaryl/α,β-unsaturated/α-hetero) is 1. The third kappa shape index (κ3) is 4.70. The Morgan fingerprint density at radius 1 is 1.09 bits per heavy atom. The summed E-state index contributed by atoms with van der Waals surface area (Å²) in [6.07, 6.45) is 3.21. The largest absolute Gasteiger partial charge is 0.507 e. The van der Waals surface area contributed by atoms with Crippen LogP contribution >= 0.6 is 0 Å². The van der Waals surface area contributed by atoms with Crippen LogP contribution in [0.15, 0.2) is 78.6 Å². The van der Waals surface area contributed by atoms with Gasteiger partial charge in [-0.25, -0.2) is 0 Å². The Morgan fingerprint density at radius 2 is 1.88 bits per heavy atom. The molecular weight excluding hydrogens is 432 g/mol. The number of likely N-dealkylation sites (tertiary alicyclic amines) is 1. The molecule has 1 amide bonds. The van der Waals surface area contributed by atoms with Gasteiger partial charge in [-0.2, -0.15) is 0 Å². The second-order valence-corrected chi connectivity index (χ2v) is 8.02. The molecule has 0 aliphatic carbocycles. The van der Waals surface area contributed by atoms with E-state index >= 15 is 0 Å². The number of nitrogens with zero attached hydrogens (tertiary/aromatic N) is 2. The van der Waals surface area contributed by atoms with Crippen LogP contribution in [0.5, 0.6) is 5.75 Å². The number of carbonyl (C=O) groups is 2. The predicted octanol–water partition coefficient (Wildman–Crippen LogP) is 4.04. The van der Waals surface area contributed by atoms with Crippen molar-refractivity contribution in [3.63, 3.8) is 0 Å². The Bertz CT molecular complexity index is 1210. The average Bonchev–Trinajstić information content (AvgIpc) is 3.12. The van der Waals surface area contributed by atoms with Crippen LogP contribution < -0.4 is 4.74 Å². The fourth-order valence-electron chi connectivity index (χ4n) is 4.06. The molecule has 0 radical (unpaired) electrons. The molecule has 1 unspecified atom stereocenters. The minimum absolute atomic E-state index is 0.0372. The summed E-state index contributed by atoms with van der Waals surface area (Å²) in [7, 11) is 1.53. The first kappa shape index (κ1) is 23.2. The standard InChI is InChI=1S/C27H26N2O5/c1-18-15-21(34-17-19-7-4-3-5-8-19)10-11-22(18)25(30)23-24(20-9-6-12-28-16-20)29(13-14-33-2)27(32)26(23)31/h3-12,15-16,24,30H,13-14,17H2,1-2H3. The van der Waals surface area contributed by atoms with Gasteiger partial charge in [-0.15, -0.1) is 0 Å². The summed E-state index contributed by atoms with van der Waals surface area (Å²) < 4.78 is 11.0. The van der Waals surface area contributed by atoms with Crippen molar-refractivity contribution in [2.75, 3.05) is 20.3 Å². The highest BCUT2D eigenvalue weighted by Crippen LogP contribution is 2.39. The Balaban J connectivity index is 1.68. The SMILES string of the molecule is COCCN1C(=O)C(=O)C(=C(O)c2ccc(OCc3ccccc3)cc2C)C1c1cccnc1. The van der Waals surface area contributed by atoms with Crippen molar-refractivity contribution in [2.24, 2.45) is 0 Å². The van der Waals surface area contributed by atoms with Crippen LogP contribution in [0.25, 0.3) is 5.76 Å². The molecule has 0 saturated carbocycles. The summed E-state index contributed by atoms with van der Waals surface area (Å²) >= 11 is 0. The first-order valence-electron chi connectivity index (χ1n) is 11.0. The number of methoxy groups -OCH3 is 1. The molecule has 7 nitrogen and oxygen atoms in total. The number of carbonyl (C=O) groups excluding carboxylic acids is 2. The lowest BCUT2D eigenvalue weighted by Gasteiger charge is -2.24. The van der Waals surface area contributed by atoms with Crippen molar-refractivity contribution < 1.29 is 24.2 Å². The molecule has 2 aromatic carbocycles. The number of aliphatic hydroxyl groups is 1. The molecule has 1 fully saturated rings. The molecule has 1 aliphatic rings. The van der Waals surface area contributed by atoms with E-state index in [0.29, 0.717) is 23.5 Å². The van der Waals surface area contributed by atoms with Crippen LogP contribution in [0.3, 0.4) is 0 Å². The Morgan fingerprint density at radius 3 is 2.56 bits per heavy atom. The molecule has 1 aliphatic heterocycles. The van der Waals surface area contributed by atoms with Crippen LogP contribution in [0, 0.1) is 6.92 Å². The molecule has 1 atom stereocenters. The Hall–Kier alpha value is -3.97. The monoisotopic (exact) mass is 458 g/mol. The summed E-state index contributed by atoms with van der Waals surface area (Å²) in [5.74, 6) is -0.985. The second kappa shape index (κ2) is 10.3. The maximum atomic E-state index is 13.0. The van der Waals surface area contributed by atoms with E-state index in [2.05, 4.69) is 4.98 Å². The van der Waals surface area contributed by atoms with Gasteiger partial charge in [-0.05, 0) is 47.9 Å². The van der Waals surface area contributed by atoms with E-state index in [-0.39, 0.29) is 24.5 Å². The molecule has 0 bridgehead atoms. The number of aliphatic hydroxyl groups excluding tert-OH is 1. The molecule has 4 rings (SSSR count). The molecule has 2 heterocycles. The van der Waals surface area contributed by atoms with Crippen molar-refractivity contribution in [3.8, 4) is 5.75 Å².